The fraction of sp³-hybridized carbons (Fsp3) is 0.389. The van der Waals surface area contributed by atoms with Gasteiger partial charge in [0, 0.05) is 32.7 Å². The maximum atomic E-state index is 10.0. The van der Waals surface area contributed by atoms with Crippen molar-refractivity contribution < 1.29 is 5.11 Å². The van der Waals surface area contributed by atoms with Gasteiger partial charge in [-0.2, -0.15) is 11.3 Å². The van der Waals surface area contributed by atoms with Crippen LogP contribution in [0.15, 0.2) is 46.1 Å². The van der Waals surface area contributed by atoms with E-state index in [0.717, 1.165) is 44.4 Å². The Kier molecular flexibility index (Phi) is 7.83. The highest BCUT2D eigenvalue weighted by Crippen LogP contribution is 2.27. The Morgan fingerprint density at radius 2 is 1.96 bits per heavy atom. The van der Waals surface area contributed by atoms with Crippen molar-refractivity contribution in [1.82, 2.24) is 10.2 Å². The van der Waals surface area contributed by atoms with Gasteiger partial charge >= 0.3 is 0 Å². The third kappa shape index (κ3) is 5.24. The zero-order chi connectivity index (χ0) is 16.8. The van der Waals surface area contributed by atoms with Crippen LogP contribution in [0, 0.1) is 0 Å². The van der Waals surface area contributed by atoms with Gasteiger partial charge in [0.2, 0.25) is 0 Å². The Hall–Kier alpha value is -1.48. The number of aliphatic imine (C=N–C) groups is 1. The van der Waals surface area contributed by atoms with Crippen LogP contribution in [0.2, 0.25) is 0 Å². The molecule has 0 saturated carbocycles. The molecule has 0 bridgehead atoms. The molecule has 0 radical (unpaired) electrons. The molecule has 5 nitrogen and oxygen atoms in total. The second kappa shape index (κ2) is 9.86. The van der Waals surface area contributed by atoms with E-state index in [2.05, 4.69) is 38.9 Å². The normalized spacial score (nSPS) is 15.0. The first-order valence-corrected chi connectivity index (χ1v) is 9.29. The molecule has 0 amide bonds. The predicted octanol–water partition coefficient (Wildman–Crippen LogP) is 3.36. The van der Waals surface area contributed by atoms with Crippen LogP contribution in [0.1, 0.15) is 12.5 Å². The van der Waals surface area contributed by atoms with Gasteiger partial charge in [0.05, 0.1) is 12.2 Å². The summed E-state index contributed by atoms with van der Waals surface area (Å²) in [7, 11) is 0. The van der Waals surface area contributed by atoms with Crippen molar-refractivity contribution in [2.45, 2.75) is 13.5 Å². The number of rotatable bonds is 4. The van der Waals surface area contributed by atoms with E-state index >= 15 is 0 Å². The Morgan fingerprint density at radius 3 is 2.60 bits per heavy atom. The molecule has 1 aliphatic rings. The second-order valence-electron chi connectivity index (χ2n) is 5.76. The maximum absolute atomic E-state index is 10.0. The standard InChI is InChI=1S/C18H24N4OS.HI/c1-2-19-18(20-13-15-7-12-24-14-15)22-10-8-21(9-11-22)16-5-3-4-6-17(16)23;/h3-7,12,14,23H,2,8-11,13H2,1H3,(H,19,20);1H. The van der Waals surface area contributed by atoms with E-state index in [1.54, 1.807) is 17.4 Å². The monoisotopic (exact) mass is 472 g/mol. The van der Waals surface area contributed by atoms with Crippen LogP contribution in [0.5, 0.6) is 5.75 Å². The molecule has 0 aliphatic carbocycles. The van der Waals surface area contributed by atoms with E-state index in [9.17, 15) is 5.11 Å². The third-order valence-corrected chi connectivity index (χ3v) is 4.86. The highest BCUT2D eigenvalue weighted by Gasteiger charge is 2.21. The summed E-state index contributed by atoms with van der Waals surface area (Å²) >= 11 is 1.71. The first-order valence-electron chi connectivity index (χ1n) is 8.35. The number of hydrogen-bond acceptors (Lipinski definition) is 4. The summed E-state index contributed by atoms with van der Waals surface area (Å²) < 4.78 is 0. The molecular weight excluding hydrogens is 447 g/mol. The Morgan fingerprint density at radius 1 is 1.20 bits per heavy atom. The summed E-state index contributed by atoms with van der Waals surface area (Å²) in [6.45, 7) is 7.21. The number of hydrogen-bond donors (Lipinski definition) is 2. The SMILES string of the molecule is CCNC(=NCc1ccsc1)N1CCN(c2ccccc2O)CC1.I. The molecule has 0 unspecified atom stereocenters. The summed E-state index contributed by atoms with van der Waals surface area (Å²) in [5.74, 6) is 1.32. The van der Waals surface area contributed by atoms with Gasteiger partial charge in [-0.05, 0) is 41.4 Å². The number of piperazine rings is 1. The van der Waals surface area contributed by atoms with Crippen molar-refractivity contribution in [3.8, 4) is 5.75 Å². The second-order valence-corrected chi connectivity index (χ2v) is 6.54. The quantitative estimate of drug-likeness (QED) is 0.407. The number of phenols is 1. The van der Waals surface area contributed by atoms with Crippen molar-refractivity contribution in [2.24, 2.45) is 4.99 Å². The highest BCUT2D eigenvalue weighted by molar-refractivity contribution is 14.0. The lowest BCUT2D eigenvalue weighted by Crippen LogP contribution is -2.52. The van der Waals surface area contributed by atoms with Gasteiger partial charge in [0.15, 0.2) is 5.96 Å². The molecule has 2 heterocycles. The summed E-state index contributed by atoms with van der Waals surface area (Å²) in [6.07, 6.45) is 0. The van der Waals surface area contributed by atoms with Crippen molar-refractivity contribution >= 4 is 47.0 Å². The number of aromatic hydroxyl groups is 1. The van der Waals surface area contributed by atoms with Crippen LogP contribution in [-0.2, 0) is 6.54 Å². The number of guanidine groups is 1. The number of halogens is 1. The average molecular weight is 472 g/mol. The number of phenolic OH excluding ortho intramolecular Hbond substituents is 1. The van der Waals surface area contributed by atoms with Gasteiger partial charge in [-0.25, -0.2) is 4.99 Å². The van der Waals surface area contributed by atoms with Crippen LogP contribution < -0.4 is 10.2 Å². The molecule has 1 saturated heterocycles. The lowest BCUT2D eigenvalue weighted by atomic mass is 10.2. The van der Waals surface area contributed by atoms with Gasteiger partial charge in [-0.1, -0.05) is 12.1 Å². The topological polar surface area (TPSA) is 51.1 Å². The van der Waals surface area contributed by atoms with E-state index < -0.39 is 0 Å². The Labute approximate surface area is 170 Å². The van der Waals surface area contributed by atoms with Crippen LogP contribution in [0.3, 0.4) is 0 Å². The summed E-state index contributed by atoms with van der Waals surface area (Å²) in [4.78, 5) is 9.29. The fourth-order valence-corrected chi connectivity index (χ4v) is 3.53. The summed E-state index contributed by atoms with van der Waals surface area (Å²) in [5, 5.41) is 17.6. The van der Waals surface area contributed by atoms with Gasteiger partial charge in [0.1, 0.15) is 5.75 Å². The molecule has 2 aromatic rings. The lowest BCUT2D eigenvalue weighted by molar-refractivity contribution is 0.370. The predicted molar refractivity (Wildman–Crippen MR) is 116 cm³/mol. The van der Waals surface area contributed by atoms with Gasteiger partial charge < -0.3 is 20.2 Å². The third-order valence-electron chi connectivity index (χ3n) is 4.13. The molecule has 136 valence electrons. The average Bonchev–Trinajstić information content (AvgIpc) is 3.13. The number of nitrogens with one attached hydrogen (secondary N) is 1. The minimum Gasteiger partial charge on any atom is -0.506 e. The number of anilines is 1. The number of benzene rings is 1. The van der Waals surface area contributed by atoms with E-state index in [4.69, 9.17) is 4.99 Å². The molecule has 3 rings (SSSR count). The molecule has 25 heavy (non-hydrogen) atoms. The van der Waals surface area contributed by atoms with Crippen molar-refractivity contribution in [1.29, 1.82) is 0 Å². The Bertz CT molecular complexity index is 669. The molecule has 0 atom stereocenters. The van der Waals surface area contributed by atoms with Crippen molar-refractivity contribution in [3.05, 3.63) is 46.7 Å². The molecule has 0 spiro atoms. The van der Waals surface area contributed by atoms with E-state index in [1.807, 2.05) is 18.2 Å². The first kappa shape index (κ1) is 19.8. The lowest BCUT2D eigenvalue weighted by Gasteiger charge is -2.37. The van der Waals surface area contributed by atoms with Crippen molar-refractivity contribution in [2.75, 3.05) is 37.6 Å². The molecular formula is C18H25IN4OS. The summed E-state index contributed by atoms with van der Waals surface area (Å²) in [6, 6.07) is 9.66. The number of thiophene rings is 1. The number of nitrogens with zero attached hydrogens (tertiary/aromatic N) is 3. The molecule has 7 heteroatoms. The zero-order valence-electron chi connectivity index (χ0n) is 14.4. The maximum Gasteiger partial charge on any atom is 0.194 e. The zero-order valence-corrected chi connectivity index (χ0v) is 17.5. The molecule has 1 aliphatic heterocycles. The van der Waals surface area contributed by atoms with E-state index in [0.29, 0.717) is 12.3 Å². The molecule has 1 fully saturated rings. The minimum atomic E-state index is 0. The minimum absolute atomic E-state index is 0. The van der Waals surface area contributed by atoms with Crippen molar-refractivity contribution in [3.63, 3.8) is 0 Å². The molecule has 2 N–H and O–H groups in total. The first-order chi connectivity index (χ1) is 11.8. The molecule has 1 aromatic carbocycles. The van der Waals surface area contributed by atoms with E-state index in [1.165, 1.54) is 5.56 Å². The van der Waals surface area contributed by atoms with Crippen LogP contribution in [0.25, 0.3) is 0 Å². The smallest absolute Gasteiger partial charge is 0.194 e. The highest BCUT2D eigenvalue weighted by atomic mass is 127. The van der Waals surface area contributed by atoms with Gasteiger partial charge in [-0.3, -0.25) is 0 Å². The van der Waals surface area contributed by atoms with E-state index in [-0.39, 0.29) is 24.0 Å². The molecule has 1 aromatic heterocycles. The fourth-order valence-electron chi connectivity index (χ4n) is 2.87. The summed E-state index contributed by atoms with van der Waals surface area (Å²) in [5.41, 5.74) is 2.17. The van der Waals surface area contributed by atoms with Gasteiger partial charge in [0.25, 0.3) is 0 Å². The van der Waals surface area contributed by atoms with Gasteiger partial charge in [-0.15, -0.1) is 24.0 Å². The van der Waals surface area contributed by atoms with Crippen LogP contribution >= 0.6 is 35.3 Å². The largest absolute Gasteiger partial charge is 0.506 e. The number of para-hydroxylation sites is 2. The van der Waals surface area contributed by atoms with Crippen LogP contribution in [-0.4, -0.2) is 48.7 Å². The van der Waals surface area contributed by atoms with Crippen LogP contribution in [0.4, 0.5) is 5.69 Å². The Balaban J connectivity index is 0.00000225.